The maximum Gasteiger partial charge on any atom is 0.332 e. The second-order valence-corrected chi connectivity index (χ2v) is 9.24. The van der Waals surface area contributed by atoms with E-state index in [0.29, 0.717) is 19.8 Å². The third-order valence-corrected chi connectivity index (χ3v) is 6.71. The van der Waals surface area contributed by atoms with Gasteiger partial charge in [0, 0.05) is 25.2 Å². The highest BCUT2D eigenvalue weighted by atomic mass is 16.5. The van der Waals surface area contributed by atoms with Crippen LogP contribution in [0.1, 0.15) is 56.3 Å². The first-order valence-corrected chi connectivity index (χ1v) is 12.8. The summed E-state index contributed by atoms with van der Waals surface area (Å²) in [6.07, 6.45) is 2.61. The number of nitrogens with one attached hydrogen (secondary N) is 2. The molecule has 196 valence electrons. The fourth-order valence-electron chi connectivity index (χ4n) is 4.39. The van der Waals surface area contributed by atoms with Gasteiger partial charge in [-0.2, -0.15) is 0 Å². The number of rotatable bonds is 13. The highest BCUT2D eigenvalue weighted by Crippen LogP contribution is 2.34. The van der Waals surface area contributed by atoms with Gasteiger partial charge in [0.1, 0.15) is 11.5 Å². The lowest BCUT2D eigenvalue weighted by Gasteiger charge is -2.41. The predicted molar refractivity (Wildman–Crippen MR) is 140 cm³/mol. The molecule has 3 N–H and O–H groups in total. The number of carbonyl (C=O) groups excluding carboxylic acids is 1. The monoisotopic (exact) mass is 497 g/mol. The smallest absolute Gasteiger partial charge is 0.332 e. The molecule has 3 rings (SSSR count). The SMILES string of the molecule is CCOc1cc([C@@H](C)N(CCCCc2ccccc2)C(=O)NC2(C(=O)O)CNC2)cc(OCC)c1C. The Hall–Kier alpha value is -3.26. The van der Waals surface area contributed by atoms with Crippen molar-refractivity contribution in [2.24, 2.45) is 0 Å². The first kappa shape index (κ1) is 27.3. The number of aliphatic carboxylic acids is 1. The van der Waals surface area contributed by atoms with Crippen LogP contribution in [-0.4, -0.2) is 60.4 Å². The van der Waals surface area contributed by atoms with Crippen LogP contribution in [0.2, 0.25) is 0 Å². The lowest BCUT2D eigenvalue weighted by Crippen LogP contribution is -2.74. The Balaban J connectivity index is 1.83. The zero-order valence-electron chi connectivity index (χ0n) is 21.8. The van der Waals surface area contributed by atoms with E-state index in [9.17, 15) is 14.7 Å². The number of benzene rings is 2. The van der Waals surface area contributed by atoms with Crippen LogP contribution in [-0.2, 0) is 11.2 Å². The van der Waals surface area contributed by atoms with Gasteiger partial charge < -0.3 is 30.1 Å². The number of unbranched alkanes of at least 4 members (excludes halogenated alkanes) is 1. The summed E-state index contributed by atoms with van der Waals surface area (Å²) < 4.78 is 11.7. The number of hydrogen-bond donors (Lipinski definition) is 3. The molecule has 1 saturated heterocycles. The average molecular weight is 498 g/mol. The summed E-state index contributed by atoms with van der Waals surface area (Å²) in [6, 6.07) is 13.5. The van der Waals surface area contributed by atoms with Gasteiger partial charge >= 0.3 is 12.0 Å². The van der Waals surface area contributed by atoms with E-state index in [4.69, 9.17) is 9.47 Å². The molecule has 1 atom stereocenters. The molecule has 36 heavy (non-hydrogen) atoms. The van der Waals surface area contributed by atoms with Crippen LogP contribution in [0.5, 0.6) is 11.5 Å². The van der Waals surface area contributed by atoms with E-state index >= 15 is 0 Å². The van der Waals surface area contributed by atoms with Crippen molar-refractivity contribution in [3.05, 3.63) is 59.2 Å². The number of hydrogen-bond acceptors (Lipinski definition) is 5. The fraction of sp³-hybridized carbons (Fsp3) is 0.500. The van der Waals surface area contributed by atoms with Crippen LogP contribution >= 0.6 is 0 Å². The van der Waals surface area contributed by atoms with Crippen molar-refractivity contribution in [3.8, 4) is 11.5 Å². The number of carboxylic acids is 1. The maximum atomic E-state index is 13.5. The van der Waals surface area contributed by atoms with Gasteiger partial charge in [-0.25, -0.2) is 9.59 Å². The number of carbonyl (C=O) groups is 2. The lowest BCUT2D eigenvalue weighted by molar-refractivity contribution is -0.146. The van der Waals surface area contributed by atoms with E-state index in [1.807, 2.05) is 58.0 Å². The Morgan fingerprint density at radius 1 is 1.08 bits per heavy atom. The largest absolute Gasteiger partial charge is 0.493 e. The molecule has 2 amide bonds. The first-order chi connectivity index (χ1) is 17.3. The van der Waals surface area contributed by atoms with Crippen molar-refractivity contribution in [1.29, 1.82) is 0 Å². The molecule has 0 bridgehead atoms. The molecule has 1 heterocycles. The maximum absolute atomic E-state index is 13.5. The lowest BCUT2D eigenvalue weighted by atomic mass is 9.92. The molecule has 2 aromatic carbocycles. The van der Waals surface area contributed by atoms with Gasteiger partial charge in [-0.05, 0) is 70.2 Å². The predicted octanol–water partition coefficient (Wildman–Crippen LogP) is 4.31. The number of aryl methyl sites for hydroxylation is 1. The van der Waals surface area contributed by atoms with Gasteiger partial charge in [0.25, 0.3) is 0 Å². The third kappa shape index (κ3) is 6.49. The van der Waals surface area contributed by atoms with Gasteiger partial charge in [-0.15, -0.1) is 0 Å². The summed E-state index contributed by atoms with van der Waals surface area (Å²) in [5, 5.41) is 15.5. The minimum atomic E-state index is -1.28. The molecule has 8 heteroatoms. The zero-order valence-corrected chi connectivity index (χ0v) is 21.8. The van der Waals surface area contributed by atoms with Crippen LogP contribution in [0.15, 0.2) is 42.5 Å². The highest BCUT2D eigenvalue weighted by Gasteiger charge is 2.47. The minimum Gasteiger partial charge on any atom is -0.493 e. The molecule has 0 saturated carbocycles. The van der Waals surface area contributed by atoms with E-state index in [0.717, 1.165) is 41.9 Å². The van der Waals surface area contributed by atoms with Crippen molar-refractivity contribution < 1.29 is 24.2 Å². The standard InChI is InChI=1S/C28H39N3O5/c1-5-35-24-16-23(17-25(20(24)3)36-6-2)21(4)31(15-11-10-14-22-12-8-7-9-13-22)27(34)30-28(26(32)33)18-29-19-28/h7-9,12-13,16-17,21,29H,5-6,10-11,14-15,18-19H2,1-4H3,(H,30,34)(H,32,33)/t21-/m1/s1. The molecule has 1 fully saturated rings. The van der Waals surface area contributed by atoms with Crippen LogP contribution < -0.4 is 20.1 Å². The molecular weight excluding hydrogens is 458 g/mol. The molecule has 0 spiro atoms. The van der Waals surface area contributed by atoms with Crippen molar-refractivity contribution in [1.82, 2.24) is 15.5 Å². The van der Waals surface area contributed by atoms with Crippen LogP contribution in [0.4, 0.5) is 4.79 Å². The Kier molecular flexibility index (Phi) is 9.58. The summed E-state index contributed by atoms with van der Waals surface area (Å²) in [5.41, 5.74) is 1.77. The molecule has 8 nitrogen and oxygen atoms in total. The minimum absolute atomic E-state index is 0.206. The Morgan fingerprint density at radius 3 is 2.19 bits per heavy atom. The van der Waals surface area contributed by atoms with E-state index in [1.165, 1.54) is 5.56 Å². The molecule has 1 aliphatic heterocycles. The van der Waals surface area contributed by atoms with E-state index < -0.39 is 11.5 Å². The Labute approximate surface area is 214 Å². The quantitative estimate of drug-likeness (QED) is 0.357. The summed E-state index contributed by atoms with van der Waals surface area (Å²) >= 11 is 0. The van der Waals surface area contributed by atoms with E-state index in [-0.39, 0.29) is 25.2 Å². The summed E-state index contributed by atoms with van der Waals surface area (Å²) in [5.74, 6) is 0.416. The number of amides is 2. The third-order valence-electron chi connectivity index (χ3n) is 6.71. The Bertz CT molecular complexity index is 996. The molecule has 2 aromatic rings. The van der Waals surface area contributed by atoms with E-state index in [2.05, 4.69) is 22.8 Å². The number of nitrogens with zero attached hydrogens (tertiary/aromatic N) is 1. The number of carboxylic acid groups (broad SMARTS) is 1. The zero-order chi connectivity index (χ0) is 26.1. The molecule has 0 aromatic heterocycles. The van der Waals surface area contributed by atoms with Crippen molar-refractivity contribution in [2.75, 3.05) is 32.8 Å². The number of ether oxygens (including phenoxy) is 2. The van der Waals surface area contributed by atoms with Crippen molar-refractivity contribution >= 4 is 12.0 Å². The van der Waals surface area contributed by atoms with Crippen molar-refractivity contribution in [3.63, 3.8) is 0 Å². The summed E-state index contributed by atoms with van der Waals surface area (Å²) in [6.45, 7) is 9.71. The van der Waals surface area contributed by atoms with E-state index in [1.54, 1.807) is 4.90 Å². The van der Waals surface area contributed by atoms with Crippen LogP contribution in [0.25, 0.3) is 0 Å². The van der Waals surface area contributed by atoms with Gasteiger partial charge in [-0.3, -0.25) is 0 Å². The summed E-state index contributed by atoms with van der Waals surface area (Å²) in [4.78, 5) is 27.1. The molecule has 0 unspecified atom stereocenters. The molecule has 1 aliphatic rings. The van der Waals surface area contributed by atoms with Crippen molar-refractivity contribution in [2.45, 2.75) is 58.5 Å². The fourth-order valence-corrected chi connectivity index (χ4v) is 4.39. The molecular formula is C28H39N3O5. The van der Waals surface area contributed by atoms with Crippen LogP contribution in [0.3, 0.4) is 0 Å². The average Bonchev–Trinajstić information content (AvgIpc) is 2.84. The summed E-state index contributed by atoms with van der Waals surface area (Å²) in [7, 11) is 0. The van der Waals surface area contributed by atoms with Gasteiger partial charge in [0.2, 0.25) is 0 Å². The second-order valence-electron chi connectivity index (χ2n) is 9.24. The van der Waals surface area contributed by atoms with Gasteiger partial charge in [-0.1, -0.05) is 30.3 Å². The van der Waals surface area contributed by atoms with Gasteiger partial charge in [0.15, 0.2) is 5.54 Å². The Morgan fingerprint density at radius 2 is 1.69 bits per heavy atom. The normalized spacial score (nSPS) is 14.9. The molecule has 0 radical (unpaired) electrons. The topological polar surface area (TPSA) is 100 Å². The van der Waals surface area contributed by atoms with Crippen LogP contribution in [0, 0.1) is 6.92 Å². The number of urea groups is 1. The highest BCUT2D eigenvalue weighted by molar-refractivity contribution is 5.88. The second kappa shape index (κ2) is 12.6. The molecule has 0 aliphatic carbocycles. The van der Waals surface area contributed by atoms with Gasteiger partial charge in [0.05, 0.1) is 19.3 Å². The first-order valence-electron chi connectivity index (χ1n) is 12.8.